The first-order chi connectivity index (χ1) is 9.69. The normalized spacial score (nSPS) is 11.8. The Morgan fingerprint density at radius 2 is 2.05 bits per heavy atom. The van der Waals surface area contributed by atoms with Gasteiger partial charge in [-0.25, -0.2) is 0 Å². The minimum absolute atomic E-state index is 0.0744. The average molecular weight is 271 g/mol. The van der Waals surface area contributed by atoms with Gasteiger partial charge in [0.2, 0.25) is 0 Å². The summed E-state index contributed by atoms with van der Waals surface area (Å²) in [5, 5.41) is 9.06. The Kier molecular flexibility index (Phi) is 4.71. The van der Waals surface area contributed by atoms with E-state index in [1.165, 1.54) is 0 Å². The molecule has 2 rings (SSSR count). The molecule has 0 saturated heterocycles. The molecule has 0 spiro atoms. The van der Waals surface area contributed by atoms with E-state index in [4.69, 9.17) is 9.84 Å². The fraction of sp³-hybridized carbons (Fsp3) is 0.250. The molecule has 0 saturated carbocycles. The van der Waals surface area contributed by atoms with Crippen LogP contribution in [0.2, 0.25) is 0 Å². The van der Waals surface area contributed by atoms with Crippen LogP contribution in [0.1, 0.15) is 23.5 Å². The molecule has 1 aromatic carbocycles. The second-order valence-corrected chi connectivity index (χ2v) is 4.63. The molecule has 1 atom stereocenters. The zero-order valence-electron chi connectivity index (χ0n) is 11.3. The summed E-state index contributed by atoms with van der Waals surface area (Å²) in [6.07, 6.45) is 4.19. The Balaban J connectivity index is 2.16. The van der Waals surface area contributed by atoms with Crippen LogP contribution in [0.3, 0.4) is 0 Å². The van der Waals surface area contributed by atoms with E-state index in [1.807, 2.05) is 36.4 Å². The highest BCUT2D eigenvalue weighted by Crippen LogP contribution is 2.24. The molecule has 0 radical (unpaired) electrons. The van der Waals surface area contributed by atoms with Crippen LogP contribution in [0.5, 0.6) is 5.75 Å². The molecule has 0 aliphatic carbocycles. The number of aliphatic carboxylic acids is 1. The molecular formula is C16H17NO3. The minimum Gasteiger partial charge on any atom is -0.497 e. The number of aromatic nitrogens is 1. The Hall–Kier alpha value is -2.36. The smallest absolute Gasteiger partial charge is 0.303 e. The van der Waals surface area contributed by atoms with E-state index in [1.54, 1.807) is 19.5 Å². The van der Waals surface area contributed by atoms with Crippen molar-refractivity contribution in [1.82, 2.24) is 4.98 Å². The summed E-state index contributed by atoms with van der Waals surface area (Å²) in [7, 11) is 1.62. The Bertz CT molecular complexity index is 552. The molecule has 0 fully saturated rings. The van der Waals surface area contributed by atoms with Crippen molar-refractivity contribution in [2.75, 3.05) is 7.11 Å². The van der Waals surface area contributed by atoms with Gasteiger partial charge in [0.15, 0.2) is 0 Å². The van der Waals surface area contributed by atoms with E-state index < -0.39 is 5.97 Å². The lowest BCUT2D eigenvalue weighted by atomic mass is 9.90. The Morgan fingerprint density at radius 1 is 1.30 bits per heavy atom. The highest BCUT2D eigenvalue weighted by Gasteiger charge is 2.16. The van der Waals surface area contributed by atoms with Gasteiger partial charge in [-0.05, 0) is 41.7 Å². The third kappa shape index (κ3) is 3.82. The molecule has 4 heteroatoms. The number of pyridine rings is 1. The zero-order valence-corrected chi connectivity index (χ0v) is 11.3. The molecule has 104 valence electrons. The lowest BCUT2D eigenvalue weighted by molar-refractivity contribution is -0.137. The largest absolute Gasteiger partial charge is 0.497 e. The van der Waals surface area contributed by atoms with Gasteiger partial charge in [-0.2, -0.15) is 0 Å². The lowest BCUT2D eigenvalue weighted by Crippen LogP contribution is -2.09. The number of hydrogen-bond acceptors (Lipinski definition) is 3. The highest BCUT2D eigenvalue weighted by atomic mass is 16.5. The van der Waals surface area contributed by atoms with Crippen LogP contribution < -0.4 is 4.74 Å². The van der Waals surface area contributed by atoms with E-state index in [9.17, 15) is 4.79 Å². The van der Waals surface area contributed by atoms with Gasteiger partial charge < -0.3 is 9.84 Å². The van der Waals surface area contributed by atoms with Gasteiger partial charge in [0, 0.05) is 12.4 Å². The second-order valence-electron chi connectivity index (χ2n) is 4.63. The van der Waals surface area contributed by atoms with Crippen molar-refractivity contribution in [3.8, 4) is 5.75 Å². The number of carboxylic acid groups (broad SMARTS) is 1. The Morgan fingerprint density at radius 3 is 2.60 bits per heavy atom. The molecule has 1 unspecified atom stereocenters. The molecule has 1 heterocycles. The standard InChI is InChI=1S/C16H17NO3/c1-20-15-6-4-12(5-7-15)9-14(10-16(18)19)13-3-2-8-17-11-13/h2-8,11,14H,9-10H2,1H3,(H,18,19). The van der Waals surface area contributed by atoms with E-state index in [-0.39, 0.29) is 12.3 Å². The summed E-state index contributed by atoms with van der Waals surface area (Å²) in [6, 6.07) is 11.4. The van der Waals surface area contributed by atoms with Gasteiger partial charge in [-0.15, -0.1) is 0 Å². The van der Waals surface area contributed by atoms with Crippen molar-refractivity contribution in [3.05, 3.63) is 59.9 Å². The summed E-state index contributed by atoms with van der Waals surface area (Å²) in [5.74, 6) is -0.0770. The number of nitrogens with zero attached hydrogens (tertiary/aromatic N) is 1. The average Bonchev–Trinajstić information content (AvgIpc) is 2.48. The molecular weight excluding hydrogens is 254 g/mol. The van der Waals surface area contributed by atoms with E-state index in [0.29, 0.717) is 6.42 Å². The molecule has 4 nitrogen and oxygen atoms in total. The maximum Gasteiger partial charge on any atom is 0.303 e. The topological polar surface area (TPSA) is 59.4 Å². The molecule has 0 bridgehead atoms. The minimum atomic E-state index is -0.799. The predicted molar refractivity (Wildman–Crippen MR) is 75.9 cm³/mol. The first-order valence-corrected chi connectivity index (χ1v) is 6.43. The number of carbonyl (C=O) groups is 1. The van der Waals surface area contributed by atoms with Crippen molar-refractivity contribution >= 4 is 5.97 Å². The van der Waals surface area contributed by atoms with Crippen LogP contribution >= 0.6 is 0 Å². The molecule has 2 aromatic rings. The number of carboxylic acids is 1. The Labute approximate surface area is 118 Å². The summed E-state index contributed by atoms with van der Waals surface area (Å²) in [4.78, 5) is 15.1. The molecule has 0 aliphatic rings. The quantitative estimate of drug-likeness (QED) is 0.877. The van der Waals surface area contributed by atoms with Gasteiger partial charge in [0.05, 0.1) is 13.5 Å². The number of rotatable bonds is 6. The van der Waals surface area contributed by atoms with E-state index >= 15 is 0 Å². The van der Waals surface area contributed by atoms with Crippen LogP contribution in [0.4, 0.5) is 0 Å². The first kappa shape index (κ1) is 14.1. The fourth-order valence-corrected chi connectivity index (χ4v) is 2.18. The third-order valence-electron chi connectivity index (χ3n) is 3.22. The van der Waals surface area contributed by atoms with Crippen molar-refractivity contribution in [3.63, 3.8) is 0 Å². The molecule has 1 aromatic heterocycles. The summed E-state index contributed by atoms with van der Waals surface area (Å²) in [6.45, 7) is 0. The van der Waals surface area contributed by atoms with Gasteiger partial charge in [-0.1, -0.05) is 18.2 Å². The molecule has 1 N–H and O–H groups in total. The van der Waals surface area contributed by atoms with Crippen LogP contribution in [0.15, 0.2) is 48.8 Å². The lowest BCUT2D eigenvalue weighted by Gasteiger charge is -2.15. The number of methoxy groups -OCH3 is 1. The monoisotopic (exact) mass is 271 g/mol. The van der Waals surface area contributed by atoms with E-state index in [2.05, 4.69) is 4.98 Å². The van der Waals surface area contributed by atoms with Crippen molar-refractivity contribution in [2.24, 2.45) is 0 Å². The highest BCUT2D eigenvalue weighted by molar-refractivity contribution is 5.68. The van der Waals surface area contributed by atoms with Crippen molar-refractivity contribution < 1.29 is 14.6 Å². The second kappa shape index (κ2) is 6.70. The van der Waals surface area contributed by atoms with Crippen LogP contribution in [-0.2, 0) is 11.2 Å². The van der Waals surface area contributed by atoms with Gasteiger partial charge in [-0.3, -0.25) is 9.78 Å². The fourth-order valence-electron chi connectivity index (χ4n) is 2.18. The van der Waals surface area contributed by atoms with E-state index in [0.717, 1.165) is 16.9 Å². The number of hydrogen-bond donors (Lipinski definition) is 1. The van der Waals surface area contributed by atoms with Crippen LogP contribution in [0.25, 0.3) is 0 Å². The number of benzene rings is 1. The summed E-state index contributed by atoms with van der Waals surface area (Å²) < 4.78 is 5.12. The molecule has 0 aliphatic heterocycles. The van der Waals surface area contributed by atoms with Crippen molar-refractivity contribution in [1.29, 1.82) is 0 Å². The predicted octanol–water partition coefficient (Wildman–Crippen LogP) is 2.89. The van der Waals surface area contributed by atoms with Gasteiger partial charge in [0.1, 0.15) is 5.75 Å². The van der Waals surface area contributed by atoms with Gasteiger partial charge in [0.25, 0.3) is 0 Å². The first-order valence-electron chi connectivity index (χ1n) is 6.43. The SMILES string of the molecule is COc1ccc(CC(CC(=O)O)c2cccnc2)cc1. The maximum atomic E-state index is 11.0. The summed E-state index contributed by atoms with van der Waals surface area (Å²) >= 11 is 0. The molecule has 20 heavy (non-hydrogen) atoms. The summed E-state index contributed by atoms with van der Waals surface area (Å²) in [5.41, 5.74) is 2.03. The molecule has 0 amide bonds. The zero-order chi connectivity index (χ0) is 14.4. The van der Waals surface area contributed by atoms with Crippen LogP contribution in [-0.4, -0.2) is 23.2 Å². The number of ether oxygens (including phenoxy) is 1. The third-order valence-corrected chi connectivity index (χ3v) is 3.22. The van der Waals surface area contributed by atoms with Crippen molar-refractivity contribution in [2.45, 2.75) is 18.8 Å². The maximum absolute atomic E-state index is 11.0. The van der Waals surface area contributed by atoms with Gasteiger partial charge >= 0.3 is 5.97 Å². The van der Waals surface area contributed by atoms with Crippen LogP contribution in [0, 0.1) is 0 Å².